The van der Waals surface area contributed by atoms with Crippen molar-refractivity contribution in [2.45, 2.75) is 13.8 Å². The van der Waals surface area contributed by atoms with Gasteiger partial charge >= 0.3 is 0 Å². The van der Waals surface area contributed by atoms with E-state index in [0.29, 0.717) is 22.2 Å². The molecule has 1 heterocycles. The Morgan fingerprint density at radius 2 is 2.12 bits per heavy atom. The van der Waals surface area contributed by atoms with Gasteiger partial charge in [-0.25, -0.2) is 4.98 Å². The molecule has 0 fully saturated rings. The molecule has 0 aromatic carbocycles. The summed E-state index contributed by atoms with van der Waals surface area (Å²) in [7, 11) is 0. The van der Waals surface area contributed by atoms with E-state index in [1.54, 1.807) is 6.92 Å². The van der Waals surface area contributed by atoms with Crippen molar-refractivity contribution in [3.05, 3.63) is 10.6 Å². The van der Waals surface area contributed by atoms with Crippen LogP contribution in [0.25, 0.3) is 0 Å². The summed E-state index contributed by atoms with van der Waals surface area (Å²) < 4.78 is 0. The molecule has 1 aromatic heterocycles. The molecule has 0 spiro atoms. The van der Waals surface area contributed by atoms with Crippen molar-refractivity contribution in [3.63, 3.8) is 0 Å². The van der Waals surface area contributed by atoms with Gasteiger partial charge in [0.15, 0.2) is 5.13 Å². The first-order valence-electron chi connectivity index (χ1n) is 4.82. The van der Waals surface area contributed by atoms with Crippen molar-refractivity contribution in [1.82, 2.24) is 15.6 Å². The van der Waals surface area contributed by atoms with Crippen LogP contribution in [0, 0.1) is 6.92 Å². The molecule has 0 aliphatic rings. The SMILES string of the molecule is CCNC(=O)CNC(=O)c1sc(N)nc1C. The number of rotatable bonds is 4. The average molecular weight is 242 g/mol. The van der Waals surface area contributed by atoms with Crippen molar-refractivity contribution in [1.29, 1.82) is 0 Å². The number of amides is 2. The van der Waals surface area contributed by atoms with E-state index in [0.717, 1.165) is 11.3 Å². The lowest BCUT2D eigenvalue weighted by Crippen LogP contribution is -2.36. The molecule has 0 atom stereocenters. The number of nitrogens with one attached hydrogen (secondary N) is 2. The number of nitrogen functional groups attached to an aromatic ring is 1. The van der Waals surface area contributed by atoms with Gasteiger partial charge in [-0.15, -0.1) is 0 Å². The molecular weight excluding hydrogens is 228 g/mol. The highest BCUT2D eigenvalue weighted by Crippen LogP contribution is 2.18. The van der Waals surface area contributed by atoms with Gasteiger partial charge in [0.2, 0.25) is 5.91 Å². The maximum atomic E-state index is 11.6. The molecule has 4 N–H and O–H groups in total. The molecule has 0 saturated heterocycles. The fraction of sp³-hybridized carbons (Fsp3) is 0.444. The Morgan fingerprint density at radius 1 is 1.44 bits per heavy atom. The van der Waals surface area contributed by atoms with Crippen LogP contribution in [-0.2, 0) is 4.79 Å². The second-order valence-corrected chi connectivity index (χ2v) is 4.13. The van der Waals surface area contributed by atoms with E-state index >= 15 is 0 Å². The number of carbonyl (C=O) groups excluding carboxylic acids is 2. The number of hydrogen-bond donors (Lipinski definition) is 3. The lowest BCUT2D eigenvalue weighted by Gasteiger charge is -2.03. The van der Waals surface area contributed by atoms with E-state index < -0.39 is 0 Å². The normalized spacial score (nSPS) is 9.88. The van der Waals surface area contributed by atoms with E-state index in [-0.39, 0.29) is 18.4 Å². The third kappa shape index (κ3) is 3.20. The quantitative estimate of drug-likeness (QED) is 0.686. The molecule has 0 aliphatic carbocycles. The van der Waals surface area contributed by atoms with Gasteiger partial charge in [-0.3, -0.25) is 9.59 Å². The molecule has 7 heteroatoms. The summed E-state index contributed by atoms with van der Waals surface area (Å²) >= 11 is 1.11. The van der Waals surface area contributed by atoms with Crippen LogP contribution in [0.3, 0.4) is 0 Å². The molecule has 0 unspecified atom stereocenters. The first kappa shape index (κ1) is 12.4. The van der Waals surface area contributed by atoms with E-state index in [1.807, 2.05) is 6.92 Å². The fourth-order valence-corrected chi connectivity index (χ4v) is 1.88. The van der Waals surface area contributed by atoms with Gasteiger partial charge in [0, 0.05) is 6.54 Å². The minimum absolute atomic E-state index is 0.0378. The highest BCUT2D eigenvalue weighted by molar-refractivity contribution is 7.17. The molecule has 16 heavy (non-hydrogen) atoms. The van der Waals surface area contributed by atoms with Crippen LogP contribution in [0.1, 0.15) is 22.3 Å². The zero-order chi connectivity index (χ0) is 12.1. The summed E-state index contributed by atoms with van der Waals surface area (Å²) in [6, 6.07) is 0. The Hall–Kier alpha value is -1.63. The van der Waals surface area contributed by atoms with Crippen LogP contribution < -0.4 is 16.4 Å². The Kier molecular flexibility index (Phi) is 4.24. The second-order valence-electron chi connectivity index (χ2n) is 3.10. The maximum Gasteiger partial charge on any atom is 0.263 e. The zero-order valence-corrected chi connectivity index (χ0v) is 9.98. The molecule has 0 aliphatic heterocycles. The van der Waals surface area contributed by atoms with Gasteiger partial charge < -0.3 is 16.4 Å². The molecular formula is C9H14N4O2S. The minimum Gasteiger partial charge on any atom is -0.375 e. The molecule has 88 valence electrons. The average Bonchev–Trinajstić information content (AvgIpc) is 2.55. The molecule has 2 amide bonds. The predicted molar refractivity (Wildman–Crippen MR) is 62.3 cm³/mol. The number of nitrogens with zero attached hydrogens (tertiary/aromatic N) is 1. The summed E-state index contributed by atoms with van der Waals surface area (Å²) in [4.78, 5) is 27.1. The fourth-order valence-electron chi connectivity index (χ4n) is 1.13. The number of carbonyl (C=O) groups is 2. The van der Waals surface area contributed by atoms with Gasteiger partial charge in [0.1, 0.15) is 4.88 Å². The largest absolute Gasteiger partial charge is 0.375 e. The van der Waals surface area contributed by atoms with E-state index in [9.17, 15) is 9.59 Å². The molecule has 1 rings (SSSR count). The summed E-state index contributed by atoms with van der Waals surface area (Å²) in [5.74, 6) is -0.538. The Morgan fingerprint density at radius 3 is 2.62 bits per heavy atom. The van der Waals surface area contributed by atoms with Gasteiger partial charge in [0.25, 0.3) is 5.91 Å². The van der Waals surface area contributed by atoms with Crippen molar-refractivity contribution >= 4 is 28.3 Å². The second kappa shape index (κ2) is 5.45. The Balaban J connectivity index is 2.53. The lowest BCUT2D eigenvalue weighted by molar-refractivity contribution is -0.120. The molecule has 0 radical (unpaired) electrons. The molecule has 1 aromatic rings. The first-order valence-corrected chi connectivity index (χ1v) is 5.64. The van der Waals surface area contributed by atoms with Gasteiger partial charge in [-0.1, -0.05) is 11.3 Å². The first-order chi connectivity index (χ1) is 7.54. The van der Waals surface area contributed by atoms with Crippen LogP contribution in [-0.4, -0.2) is 29.9 Å². The number of thiazole rings is 1. The van der Waals surface area contributed by atoms with Crippen LogP contribution in [0.5, 0.6) is 0 Å². The van der Waals surface area contributed by atoms with Crippen LogP contribution in [0.15, 0.2) is 0 Å². The number of hydrogen-bond acceptors (Lipinski definition) is 5. The van der Waals surface area contributed by atoms with E-state index in [1.165, 1.54) is 0 Å². The zero-order valence-electron chi connectivity index (χ0n) is 9.16. The van der Waals surface area contributed by atoms with Crippen LogP contribution in [0.2, 0.25) is 0 Å². The third-order valence-corrected chi connectivity index (χ3v) is 2.79. The number of aryl methyl sites for hydroxylation is 1. The summed E-state index contributed by atoms with van der Waals surface area (Å²) in [6.07, 6.45) is 0. The van der Waals surface area contributed by atoms with Crippen LogP contribution >= 0.6 is 11.3 Å². The third-order valence-electron chi connectivity index (χ3n) is 1.80. The smallest absolute Gasteiger partial charge is 0.263 e. The van der Waals surface area contributed by atoms with Crippen LogP contribution in [0.4, 0.5) is 5.13 Å². The number of aromatic nitrogens is 1. The highest BCUT2D eigenvalue weighted by atomic mass is 32.1. The van der Waals surface area contributed by atoms with E-state index in [4.69, 9.17) is 5.73 Å². The van der Waals surface area contributed by atoms with Crippen molar-refractivity contribution in [3.8, 4) is 0 Å². The van der Waals surface area contributed by atoms with E-state index in [2.05, 4.69) is 15.6 Å². The molecule has 0 bridgehead atoms. The van der Waals surface area contributed by atoms with Gasteiger partial charge in [-0.2, -0.15) is 0 Å². The number of anilines is 1. The summed E-state index contributed by atoms with van der Waals surface area (Å²) in [5.41, 5.74) is 6.05. The lowest BCUT2D eigenvalue weighted by atomic mass is 10.3. The monoisotopic (exact) mass is 242 g/mol. The van der Waals surface area contributed by atoms with Crippen molar-refractivity contribution in [2.24, 2.45) is 0 Å². The predicted octanol–water partition coefficient (Wildman–Crippen LogP) is -0.100. The molecule has 6 nitrogen and oxygen atoms in total. The Bertz CT molecular complexity index is 402. The summed E-state index contributed by atoms with van der Waals surface area (Å²) in [5, 5.41) is 5.43. The standard InChI is InChI=1S/C9H14N4O2S/c1-3-11-6(14)4-12-8(15)7-5(2)13-9(10)16-7/h3-4H2,1-2H3,(H2,10,13)(H,11,14)(H,12,15). The van der Waals surface area contributed by atoms with Gasteiger partial charge in [0.05, 0.1) is 12.2 Å². The maximum absolute atomic E-state index is 11.6. The molecule has 0 saturated carbocycles. The van der Waals surface area contributed by atoms with Crippen molar-refractivity contribution in [2.75, 3.05) is 18.8 Å². The Labute approximate surface area is 97.2 Å². The van der Waals surface area contributed by atoms with Crippen molar-refractivity contribution < 1.29 is 9.59 Å². The summed E-state index contributed by atoms with van der Waals surface area (Å²) in [6.45, 7) is 4.02. The minimum atomic E-state index is -0.321. The topological polar surface area (TPSA) is 97.1 Å². The number of likely N-dealkylation sites (N-methyl/N-ethyl adjacent to an activating group) is 1. The number of nitrogens with two attached hydrogens (primary N) is 1. The highest BCUT2D eigenvalue weighted by Gasteiger charge is 2.14. The van der Waals surface area contributed by atoms with Gasteiger partial charge in [-0.05, 0) is 13.8 Å².